The van der Waals surface area contributed by atoms with Crippen LogP contribution in [0.1, 0.15) is 13.3 Å². The fourth-order valence-corrected chi connectivity index (χ4v) is 0.738. The van der Waals surface area contributed by atoms with Gasteiger partial charge in [0, 0.05) is 7.11 Å². The Hall–Kier alpha value is -0.830. The van der Waals surface area contributed by atoms with Crippen LogP contribution < -0.4 is 0 Å². The lowest BCUT2D eigenvalue weighted by Crippen LogP contribution is -2.17. The van der Waals surface area contributed by atoms with Crippen LogP contribution in [0.4, 0.5) is 0 Å². The van der Waals surface area contributed by atoms with E-state index in [9.17, 15) is 4.79 Å². The van der Waals surface area contributed by atoms with Crippen molar-refractivity contribution in [1.82, 2.24) is 0 Å². The molecule has 0 aliphatic heterocycles. The summed E-state index contributed by atoms with van der Waals surface area (Å²) < 4.78 is 4.94. The molecule has 0 aromatic carbocycles. The number of carboxylic acids is 1. The van der Waals surface area contributed by atoms with Crippen LogP contribution in [0, 0.1) is 5.92 Å². The second-order valence-corrected chi connectivity index (χ2v) is 2.48. The summed E-state index contributed by atoms with van der Waals surface area (Å²) in [6.45, 7) is 5.18. The van der Waals surface area contributed by atoms with Gasteiger partial charge in [-0.3, -0.25) is 4.79 Å². The zero-order chi connectivity index (χ0) is 8.85. The summed E-state index contributed by atoms with van der Waals surface area (Å²) in [6, 6.07) is 0. The second-order valence-electron chi connectivity index (χ2n) is 2.48. The molecule has 2 atom stereocenters. The SMILES string of the molecule is C=C[C@H](C[C@H](C)C(=O)O)OC. The number of hydrogen-bond acceptors (Lipinski definition) is 2. The third-order valence-corrected chi connectivity index (χ3v) is 1.57. The van der Waals surface area contributed by atoms with Gasteiger partial charge in [0.1, 0.15) is 0 Å². The molecule has 0 amide bonds. The fourth-order valence-electron chi connectivity index (χ4n) is 0.738. The number of hydrogen-bond donors (Lipinski definition) is 1. The molecule has 0 unspecified atom stereocenters. The molecule has 64 valence electrons. The quantitative estimate of drug-likeness (QED) is 0.613. The number of carboxylic acid groups (broad SMARTS) is 1. The van der Waals surface area contributed by atoms with Crippen LogP contribution in [-0.2, 0) is 9.53 Å². The predicted octanol–water partition coefficient (Wildman–Crippen LogP) is 1.30. The maximum absolute atomic E-state index is 10.4. The van der Waals surface area contributed by atoms with Crippen molar-refractivity contribution in [2.24, 2.45) is 5.92 Å². The van der Waals surface area contributed by atoms with E-state index in [0.29, 0.717) is 6.42 Å². The van der Waals surface area contributed by atoms with E-state index in [0.717, 1.165) is 0 Å². The van der Waals surface area contributed by atoms with E-state index < -0.39 is 5.97 Å². The number of aliphatic carboxylic acids is 1. The Kier molecular flexibility index (Phi) is 4.54. The number of rotatable bonds is 5. The van der Waals surface area contributed by atoms with Gasteiger partial charge in [0.25, 0.3) is 0 Å². The van der Waals surface area contributed by atoms with Gasteiger partial charge in [0.15, 0.2) is 0 Å². The van der Waals surface area contributed by atoms with Crippen molar-refractivity contribution in [2.45, 2.75) is 19.4 Å². The summed E-state index contributed by atoms with van der Waals surface area (Å²) in [5.41, 5.74) is 0. The van der Waals surface area contributed by atoms with E-state index in [1.54, 1.807) is 20.1 Å². The molecule has 1 N–H and O–H groups in total. The minimum atomic E-state index is -0.797. The summed E-state index contributed by atoms with van der Waals surface area (Å²) in [4.78, 5) is 10.4. The van der Waals surface area contributed by atoms with Crippen LogP contribution in [0.5, 0.6) is 0 Å². The standard InChI is InChI=1S/C8H14O3/c1-4-7(11-3)5-6(2)8(9)10/h4,6-7H,1,5H2,2-3H3,(H,9,10)/t6-,7+/m0/s1. The van der Waals surface area contributed by atoms with Crippen LogP contribution in [0.2, 0.25) is 0 Å². The van der Waals surface area contributed by atoms with Gasteiger partial charge < -0.3 is 9.84 Å². The molecule has 0 spiro atoms. The summed E-state index contributed by atoms with van der Waals surface area (Å²) in [5, 5.41) is 8.53. The smallest absolute Gasteiger partial charge is 0.306 e. The zero-order valence-corrected chi connectivity index (χ0v) is 6.91. The number of ether oxygens (including phenoxy) is 1. The van der Waals surface area contributed by atoms with Gasteiger partial charge in [0.2, 0.25) is 0 Å². The van der Waals surface area contributed by atoms with Gasteiger partial charge in [-0.05, 0) is 6.42 Å². The van der Waals surface area contributed by atoms with E-state index in [2.05, 4.69) is 6.58 Å². The highest BCUT2D eigenvalue weighted by atomic mass is 16.5. The minimum absolute atomic E-state index is 0.152. The van der Waals surface area contributed by atoms with Crippen molar-refractivity contribution in [3.05, 3.63) is 12.7 Å². The molecule has 0 aromatic rings. The summed E-state index contributed by atoms with van der Waals surface area (Å²) in [6.07, 6.45) is 1.94. The third kappa shape index (κ3) is 3.78. The lowest BCUT2D eigenvalue weighted by atomic mass is 10.0. The molecule has 0 saturated carbocycles. The van der Waals surface area contributed by atoms with Crippen molar-refractivity contribution in [2.75, 3.05) is 7.11 Å². The maximum Gasteiger partial charge on any atom is 0.306 e. The Morgan fingerprint density at radius 2 is 2.36 bits per heavy atom. The van der Waals surface area contributed by atoms with Crippen LogP contribution in [0.25, 0.3) is 0 Å². The molecule has 3 nitrogen and oxygen atoms in total. The Morgan fingerprint density at radius 3 is 2.64 bits per heavy atom. The summed E-state index contributed by atoms with van der Waals surface area (Å²) in [5.74, 6) is -1.17. The Morgan fingerprint density at radius 1 is 1.82 bits per heavy atom. The van der Waals surface area contributed by atoms with Crippen molar-refractivity contribution in [3.63, 3.8) is 0 Å². The molecule has 0 radical (unpaired) electrons. The second kappa shape index (κ2) is 4.91. The highest BCUT2D eigenvalue weighted by Crippen LogP contribution is 2.08. The third-order valence-electron chi connectivity index (χ3n) is 1.57. The molecule has 11 heavy (non-hydrogen) atoms. The molecule has 0 saturated heterocycles. The number of carbonyl (C=O) groups is 1. The highest BCUT2D eigenvalue weighted by molar-refractivity contribution is 5.69. The molecule has 0 fully saturated rings. The summed E-state index contributed by atoms with van der Waals surface area (Å²) in [7, 11) is 1.54. The Bertz CT molecular complexity index is 142. The molecule has 0 aliphatic rings. The van der Waals surface area contributed by atoms with Gasteiger partial charge >= 0.3 is 5.97 Å². The van der Waals surface area contributed by atoms with Crippen LogP contribution in [0.15, 0.2) is 12.7 Å². The van der Waals surface area contributed by atoms with Crippen molar-refractivity contribution in [1.29, 1.82) is 0 Å². The minimum Gasteiger partial charge on any atom is -0.481 e. The average Bonchev–Trinajstić information content (AvgIpc) is 1.99. The van der Waals surface area contributed by atoms with Gasteiger partial charge in [0.05, 0.1) is 12.0 Å². The average molecular weight is 158 g/mol. The molecule has 0 aromatic heterocycles. The van der Waals surface area contributed by atoms with E-state index in [1.165, 1.54) is 0 Å². The van der Waals surface area contributed by atoms with Crippen LogP contribution >= 0.6 is 0 Å². The Labute approximate surface area is 66.7 Å². The first kappa shape index (κ1) is 10.2. The molecular weight excluding hydrogens is 144 g/mol. The van der Waals surface area contributed by atoms with E-state index in [1.807, 2.05) is 0 Å². The largest absolute Gasteiger partial charge is 0.481 e. The van der Waals surface area contributed by atoms with Crippen molar-refractivity contribution < 1.29 is 14.6 Å². The first-order valence-corrected chi connectivity index (χ1v) is 3.50. The molecule has 0 bridgehead atoms. The predicted molar refractivity (Wildman–Crippen MR) is 42.4 cm³/mol. The van der Waals surface area contributed by atoms with Gasteiger partial charge in [-0.25, -0.2) is 0 Å². The Balaban J connectivity index is 3.80. The highest BCUT2D eigenvalue weighted by Gasteiger charge is 2.15. The molecule has 0 rings (SSSR count). The maximum atomic E-state index is 10.4. The van der Waals surface area contributed by atoms with E-state index in [4.69, 9.17) is 9.84 Å². The van der Waals surface area contributed by atoms with Crippen molar-refractivity contribution >= 4 is 5.97 Å². The molecular formula is C8H14O3. The zero-order valence-electron chi connectivity index (χ0n) is 6.91. The van der Waals surface area contributed by atoms with E-state index >= 15 is 0 Å². The lowest BCUT2D eigenvalue weighted by Gasteiger charge is -2.12. The topological polar surface area (TPSA) is 46.5 Å². The first-order chi connectivity index (χ1) is 5.11. The van der Waals surface area contributed by atoms with Crippen LogP contribution in [0.3, 0.4) is 0 Å². The first-order valence-electron chi connectivity index (χ1n) is 3.50. The van der Waals surface area contributed by atoms with Gasteiger partial charge in [-0.15, -0.1) is 6.58 Å². The fraction of sp³-hybridized carbons (Fsp3) is 0.625. The van der Waals surface area contributed by atoms with Gasteiger partial charge in [-0.1, -0.05) is 13.0 Å². The van der Waals surface area contributed by atoms with Gasteiger partial charge in [-0.2, -0.15) is 0 Å². The number of methoxy groups -OCH3 is 1. The van der Waals surface area contributed by atoms with E-state index in [-0.39, 0.29) is 12.0 Å². The molecule has 3 heteroatoms. The lowest BCUT2D eigenvalue weighted by molar-refractivity contribution is -0.142. The monoisotopic (exact) mass is 158 g/mol. The van der Waals surface area contributed by atoms with Crippen LogP contribution in [-0.4, -0.2) is 24.3 Å². The molecule has 0 heterocycles. The molecule has 0 aliphatic carbocycles. The normalized spacial score (nSPS) is 15.5. The van der Waals surface area contributed by atoms with Crippen molar-refractivity contribution in [3.8, 4) is 0 Å². The summed E-state index contributed by atoms with van der Waals surface area (Å²) >= 11 is 0.